The van der Waals surface area contributed by atoms with Crippen LogP contribution in [0.3, 0.4) is 0 Å². The van der Waals surface area contributed by atoms with Crippen LogP contribution in [0.1, 0.15) is 6.42 Å². The molecule has 0 radical (unpaired) electrons. The summed E-state index contributed by atoms with van der Waals surface area (Å²) in [5, 5.41) is 2.81. The van der Waals surface area contributed by atoms with Crippen molar-refractivity contribution in [2.75, 3.05) is 6.54 Å². The standard InChI is InChI=1S/C8H9NO/c10-8-7-4-2-1-3-6(7)5-9-8/h1-2,4,6H,3,5H2,(H,9,10). The van der Waals surface area contributed by atoms with Crippen molar-refractivity contribution in [2.45, 2.75) is 6.42 Å². The molecule has 1 amide bonds. The molecule has 0 spiro atoms. The Kier molecular flexibility index (Phi) is 1.13. The lowest BCUT2D eigenvalue weighted by Gasteiger charge is -2.07. The van der Waals surface area contributed by atoms with Crippen molar-refractivity contribution in [1.82, 2.24) is 5.32 Å². The number of hydrogen-bond donors (Lipinski definition) is 1. The minimum Gasteiger partial charge on any atom is -0.352 e. The Morgan fingerprint density at radius 2 is 2.50 bits per heavy atom. The van der Waals surface area contributed by atoms with Gasteiger partial charge in [-0.3, -0.25) is 4.79 Å². The van der Waals surface area contributed by atoms with E-state index in [0.717, 1.165) is 18.5 Å². The van der Waals surface area contributed by atoms with Gasteiger partial charge < -0.3 is 5.32 Å². The summed E-state index contributed by atoms with van der Waals surface area (Å²) in [5.41, 5.74) is 0.961. The molecule has 0 saturated carbocycles. The predicted octanol–water partition coefficient (Wildman–Crippen LogP) is 0.619. The van der Waals surface area contributed by atoms with Crippen molar-refractivity contribution in [3.8, 4) is 0 Å². The van der Waals surface area contributed by atoms with E-state index in [2.05, 4.69) is 11.4 Å². The summed E-state index contributed by atoms with van der Waals surface area (Å²) in [6.45, 7) is 0.828. The van der Waals surface area contributed by atoms with Gasteiger partial charge in [-0.1, -0.05) is 18.2 Å². The summed E-state index contributed by atoms with van der Waals surface area (Å²) >= 11 is 0. The second kappa shape index (κ2) is 1.97. The zero-order valence-corrected chi connectivity index (χ0v) is 5.63. The van der Waals surface area contributed by atoms with Gasteiger partial charge in [-0.2, -0.15) is 0 Å². The molecule has 1 fully saturated rings. The number of carbonyl (C=O) groups excluding carboxylic acids is 1. The first-order valence-corrected chi connectivity index (χ1v) is 3.53. The van der Waals surface area contributed by atoms with Gasteiger partial charge in [0.25, 0.3) is 0 Å². The fourth-order valence-electron chi connectivity index (χ4n) is 1.45. The van der Waals surface area contributed by atoms with Gasteiger partial charge in [-0.05, 0) is 6.42 Å². The Labute approximate surface area is 59.6 Å². The zero-order valence-electron chi connectivity index (χ0n) is 5.63. The van der Waals surface area contributed by atoms with Crippen molar-refractivity contribution < 1.29 is 4.79 Å². The Balaban J connectivity index is 2.33. The van der Waals surface area contributed by atoms with Crippen LogP contribution in [0.4, 0.5) is 0 Å². The van der Waals surface area contributed by atoms with Crippen LogP contribution < -0.4 is 5.32 Å². The molecule has 2 rings (SSSR count). The molecule has 10 heavy (non-hydrogen) atoms. The third-order valence-corrected chi connectivity index (χ3v) is 2.04. The van der Waals surface area contributed by atoms with E-state index < -0.39 is 0 Å². The fourth-order valence-corrected chi connectivity index (χ4v) is 1.45. The lowest BCUT2D eigenvalue weighted by Crippen LogP contribution is -2.14. The van der Waals surface area contributed by atoms with Crippen LogP contribution in [0.15, 0.2) is 23.8 Å². The van der Waals surface area contributed by atoms with Crippen molar-refractivity contribution in [2.24, 2.45) is 5.92 Å². The Morgan fingerprint density at radius 1 is 1.60 bits per heavy atom. The Morgan fingerprint density at radius 3 is 3.30 bits per heavy atom. The molecule has 2 heteroatoms. The van der Waals surface area contributed by atoms with Crippen LogP contribution in [0.25, 0.3) is 0 Å². The van der Waals surface area contributed by atoms with Gasteiger partial charge in [0.2, 0.25) is 5.91 Å². The van der Waals surface area contributed by atoms with E-state index in [-0.39, 0.29) is 5.91 Å². The maximum absolute atomic E-state index is 11.0. The molecule has 2 aliphatic rings. The Hall–Kier alpha value is -1.05. The van der Waals surface area contributed by atoms with E-state index in [1.165, 1.54) is 0 Å². The first kappa shape index (κ1) is 5.71. The smallest absolute Gasteiger partial charge is 0.247 e. The van der Waals surface area contributed by atoms with Crippen molar-refractivity contribution in [3.63, 3.8) is 0 Å². The molecule has 1 saturated heterocycles. The topological polar surface area (TPSA) is 29.1 Å². The highest BCUT2D eigenvalue weighted by atomic mass is 16.2. The van der Waals surface area contributed by atoms with E-state index >= 15 is 0 Å². The molecule has 1 unspecified atom stereocenters. The van der Waals surface area contributed by atoms with E-state index in [0.29, 0.717) is 5.92 Å². The molecule has 0 aromatic rings. The van der Waals surface area contributed by atoms with E-state index in [1.54, 1.807) is 0 Å². The third kappa shape index (κ3) is 0.685. The maximum Gasteiger partial charge on any atom is 0.247 e. The highest BCUT2D eigenvalue weighted by Gasteiger charge is 2.27. The number of amides is 1. The summed E-state index contributed by atoms with van der Waals surface area (Å²) in [4.78, 5) is 11.0. The maximum atomic E-state index is 11.0. The van der Waals surface area contributed by atoms with Gasteiger partial charge in [-0.15, -0.1) is 0 Å². The van der Waals surface area contributed by atoms with E-state index in [1.807, 2.05) is 12.2 Å². The number of fused-ring (bicyclic) bond motifs is 1. The van der Waals surface area contributed by atoms with Crippen LogP contribution in [-0.4, -0.2) is 12.5 Å². The number of nitrogens with one attached hydrogen (secondary N) is 1. The highest BCUT2D eigenvalue weighted by molar-refractivity contribution is 5.96. The average molecular weight is 135 g/mol. The summed E-state index contributed by atoms with van der Waals surface area (Å²) in [7, 11) is 0. The lowest BCUT2D eigenvalue weighted by atomic mass is 9.95. The molecule has 0 aromatic heterocycles. The SMILES string of the molecule is O=C1NCC2CC=CC=C12. The van der Waals surface area contributed by atoms with Crippen molar-refractivity contribution in [1.29, 1.82) is 0 Å². The second-order valence-electron chi connectivity index (χ2n) is 2.69. The van der Waals surface area contributed by atoms with Gasteiger partial charge in [-0.25, -0.2) is 0 Å². The molecule has 0 bridgehead atoms. The molecule has 52 valence electrons. The molecule has 2 nitrogen and oxygen atoms in total. The summed E-state index contributed by atoms with van der Waals surface area (Å²) in [6, 6.07) is 0. The monoisotopic (exact) mass is 135 g/mol. The number of carbonyl (C=O) groups is 1. The second-order valence-corrected chi connectivity index (χ2v) is 2.69. The van der Waals surface area contributed by atoms with E-state index in [4.69, 9.17) is 0 Å². The van der Waals surface area contributed by atoms with Crippen LogP contribution in [-0.2, 0) is 4.79 Å². The molecular weight excluding hydrogens is 126 g/mol. The molecule has 0 aromatic carbocycles. The summed E-state index contributed by atoms with van der Waals surface area (Å²) in [5.74, 6) is 0.576. The first-order valence-electron chi connectivity index (χ1n) is 3.53. The summed E-state index contributed by atoms with van der Waals surface area (Å²) in [6.07, 6.45) is 6.99. The van der Waals surface area contributed by atoms with Crippen LogP contribution >= 0.6 is 0 Å². The van der Waals surface area contributed by atoms with Crippen LogP contribution in [0, 0.1) is 5.92 Å². The minimum absolute atomic E-state index is 0.120. The van der Waals surface area contributed by atoms with Crippen molar-refractivity contribution >= 4 is 5.91 Å². The normalized spacial score (nSPS) is 29.4. The fraction of sp³-hybridized carbons (Fsp3) is 0.375. The van der Waals surface area contributed by atoms with Crippen LogP contribution in [0.2, 0.25) is 0 Å². The highest BCUT2D eigenvalue weighted by Crippen LogP contribution is 2.23. The largest absolute Gasteiger partial charge is 0.352 e. The number of hydrogen-bond acceptors (Lipinski definition) is 1. The number of rotatable bonds is 0. The summed E-state index contributed by atoms with van der Waals surface area (Å²) < 4.78 is 0. The number of allylic oxidation sites excluding steroid dienone is 3. The molecule has 1 aliphatic heterocycles. The van der Waals surface area contributed by atoms with Gasteiger partial charge in [0, 0.05) is 18.0 Å². The molecular formula is C8H9NO. The van der Waals surface area contributed by atoms with Gasteiger partial charge >= 0.3 is 0 Å². The molecule has 1 N–H and O–H groups in total. The first-order chi connectivity index (χ1) is 4.88. The minimum atomic E-state index is 0.120. The van der Waals surface area contributed by atoms with E-state index in [9.17, 15) is 4.79 Å². The zero-order chi connectivity index (χ0) is 6.97. The third-order valence-electron chi connectivity index (χ3n) is 2.04. The average Bonchev–Trinajstić information content (AvgIpc) is 2.34. The molecule has 1 atom stereocenters. The predicted molar refractivity (Wildman–Crippen MR) is 38.3 cm³/mol. The Bertz CT molecular complexity index is 227. The molecule has 1 heterocycles. The van der Waals surface area contributed by atoms with Gasteiger partial charge in [0.1, 0.15) is 0 Å². The van der Waals surface area contributed by atoms with Crippen LogP contribution in [0.5, 0.6) is 0 Å². The van der Waals surface area contributed by atoms with Gasteiger partial charge in [0.15, 0.2) is 0 Å². The lowest BCUT2D eigenvalue weighted by molar-refractivity contribution is -0.116. The van der Waals surface area contributed by atoms with Crippen molar-refractivity contribution in [3.05, 3.63) is 23.8 Å². The quantitative estimate of drug-likeness (QED) is 0.518. The van der Waals surface area contributed by atoms with Gasteiger partial charge in [0.05, 0.1) is 0 Å². The molecule has 1 aliphatic carbocycles.